The summed E-state index contributed by atoms with van der Waals surface area (Å²) in [5.41, 5.74) is -0.970. The summed E-state index contributed by atoms with van der Waals surface area (Å²) in [6, 6.07) is -0.0897. The molecular formula is C15H22N2O3. The van der Waals surface area contributed by atoms with Crippen molar-refractivity contribution in [2.24, 2.45) is 5.92 Å². The highest BCUT2D eigenvalue weighted by atomic mass is 16.6. The van der Waals surface area contributed by atoms with E-state index >= 15 is 0 Å². The average molecular weight is 278 g/mol. The minimum atomic E-state index is -0.970. The predicted molar refractivity (Wildman–Crippen MR) is 73.3 cm³/mol. The second-order valence-corrected chi connectivity index (χ2v) is 7.03. The lowest BCUT2D eigenvalue weighted by molar-refractivity contribution is -0.930. The van der Waals surface area contributed by atoms with Crippen LogP contribution in [0.1, 0.15) is 32.1 Å². The Hall–Kier alpha value is -0.910. The van der Waals surface area contributed by atoms with Crippen molar-refractivity contribution < 1.29 is 14.5 Å². The summed E-state index contributed by atoms with van der Waals surface area (Å²) in [6.07, 6.45) is 7.71. The first-order chi connectivity index (χ1) is 9.54. The number of aliphatic hydroxyl groups is 1. The van der Waals surface area contributed by atoms with E-state index in [2.05, 4.69) is 0 Å². The third kappa shape index (κ3) is 1.57. The molecular weight excluding hydrogens is 256 g/mol. The topological polar surface area (TPSA) is 63.6 Å². The van der Waals surface area contributed by atoms with Gasteiger partial charge in [0.25, 0.3) is 0 Å². The number of hydrogen-bond acceptors (Lipinski definition) is 3. The largest absolute Gasteiger partial charge is 0.633 e. The normalized spacial score (nSPS) is 50.6. The summed E-state index contributed by atoms with van der Waals surface area (Å²) < 4.78 is -0.219. The molecule has 110 valence electrons. The van der Waals surface area contributed by atoms with E-state index in [1.807, 2.05) is 11.0 Å². The van der Waals surface area contributed by atoms with Gasteiger partial charge in [0.1, 0.15) is 11.6 Å². The Balaban J connectivity index is 1.78. The fourth-order valence-corrected chi connectivity index (χ4v) is 5.29. The van der Waals surface area contributed by atoms with Gasteiger partial charge in [-0.1, -0.05) is 6.08 Å². The van der Waals surface area contributed by atoms with Crippen LogP contribution < -0.4 is 0 Å². The van der Waals surface area contributed by atoms with Gasteiger partial charge in [-0.2, -0.15) is 0 Å². The first-order valence-electron chi connectivity index (χ1n) is 7.81. The minimum absolute atomic E-state index is 0.00766. The quantitative estimate of drug-likeness (QED) is 0.526. The molecule has 5 nitrogen and oxygen atoms in total. The number of hydrogen-bond donors (Lipinski definition) is 1. The monoisotopic (exact) mass is 278 g/mol. The number of hydroxylamine groups is 3. The highest BCUT2D eigenvalue weighted by Crippen LogP contribution is 2.49. The molecule has 5 atom stereocenters. The highest BCUT2D eigenvalue weighted by molar-refractivity contribution is 5.89. The molecule has 1 unspecified atom stereocenters. The summed E-state index contributed by atoms with van der Waals surface area (Å²) in [4.78, 5) is 14.0. The Bertz CT molecular complexity index is 476. The van der Waals surface area contributed by atoms with E-state index in [9.17, 15) is 15.1 Å². The predicted octanol–water partition coefficient (Wildman–Crippen LogP) is 0.775. The molecule has 20 heavy (non-hydrogen) atoms. The van der Waals surface area contributed by atoms with Crippen LogP contribution >= 0.6 is 0 Å². The van der Waals surface area contributed by atoms with Crippen LogP contribution in [0.25, 0.3) is 0 Å². The smallest absolute Gasteiger partial charge is 0.246 e. The number of fused-ring (bicyclic) bond motifs is 2. The van der Waals surface area contributed by atoms with Crippen LogP contribution in [0, 0.1) is 11.1 Å². The van der Waals surface area contributed by atoms with Gasteiger partial charge >= 0.3 is 0 Å². The third-order valence-corrected chi connectivity index (χ3v) is 5.94. The summed E-state index contributed by atoms with van der Waals surface area (Å²) in [5.74, 6) is 0.169. The number of piperidine rings is 3. The lowest BCUT2D eigenvalue weighted by Gasteiger charge is -2.66. The van der Waals surface area contributed by atoms with Gasteiger partial charge in [0.05, 0.1) is 19.6 Å². The lowest BCUT2D eigenvalue weighted by Crippen LogP contribution is -2.78. The molecule has 0 aromatic heterocycles. The van der Waals surface area contributed by atoms with Crippen LogP contribution in [0.5, 0.6) is 0 Å². The van der Waals surface area contributed by atoms with Gasteiger partial charge in [0, 0.05) is 12.0 Å². The van der Waals surface area contributed by atoms with Gasteiger partial charge < -0.3 is 19.9 Å². The van der Waals surface area contributed by atoms with Crippen molar-refractivity contribution in [2.75, 3.05) is 19.6 Å². The summed E-state index contributed by atoms with van der Waals surface area (Å²) in [6.45, 7) is 1.63. The molecule has 3 saturated heterocycles. The standard InChI is InChI=1S/C15H22N2O3/c18-13-6-1-5-12-11-4-2-8-17(20)9-3-7-15(19,14(11)17)10-16(12)13/h1,6,11-12,14,19H,2-5,7-10H2/t11-,12-,14-,15-,17?/m1/s1. The molecule has 0 spiro atoms. The van der Waals surface area contributed by atoms with Crippen molar-refractivity contribution in [1.82, 2.24) is 4.90 Å². The molecule has 0 aliphatic carbocycles. The SMILES string of the molecule is O=C1C=CC[C@@H]2[C@H]3CCC[N+]4([O-])CCC[C@@](O)(CN12)[C@@H]34. The van der Waals surface area contributed by atoms with Crippen molar-refractivity contribution in [2.45, 2.75) is 49.8 Å². The van der Waals surface area contributed by atoms with Crippen molar-refractivity contribution in [1.29, 1.82) is 0 Å². The second-order valence-electron chi connectivity index (χ2n) is 7.03. The van der Waals surface area contributed by atoms with Gasteiger partial charge in [-0.15, -0.1) is 0 Å². The Morgan fingerprint density at radius 3 is 3.05 bits per heavy atom. The number of rotatable bonds is 0. The van der Waals surface area contributed by atoms with Gasteiger partial charge in [-0.05, 0) is 38.2 Å². The minimum Gasteiger partial charge on any atom is -0.633 e. The van der Waals surface area contributed by atoms with E-state index in [1.165, 1.54) is 0 Å². The Labute approximate surface area is 119 Å². The molecule has 0 aromatic rings. The highest BCUT2D eigenvalue weighted by Gasteiger charge is 2.61. The zero-order valence-electron chi connectivity index (χ0n) is 11.7. The lowest BCUT2D eigenvalue weighted by atomic mass is 9.66. The van der Waals surface area contributed by atoms with E-state index in [4.69, 9.17) is 0 Å². The van der Waals surface area contributed by atoms with Gasteiger partial charge in [0.2, 0.25) is 5.91 Å². The summed E-state index contributed by atoms with van der Waals surface area (Å²) >= 11 is 0. The number of quaternary nitrogens is 1. The van der Waals surface area contributed by atoms with Crippen LogP contribution in [-0.4, -0.2) is 57.9 Å². The molecule has 0 aromatic carbocycles. The first-order valence-corrected chi connectivity index (χ1v) is 7.81. The number of amides is 1. The summed E-state index contributed by atoms with van der Waals surface area (Å²) in [7, 11) is 0. The van der Waals surface area contributed by atoms with Crippen LogP contribution in [0.4, 0.5) is 0 Å². The van der Waals surface area contributed by atoms with Gasteiger partial charge in [0.15, 0.2) is 0 Å². The van der Waals surface area contributed by atoms with Crippen LogP contribution in [0.2, 0.25) is 0 Å². The Morgan fingerprint density at radius 2 is 2.20 bits per heavy atom. The molecule has 4 aliphatic heterocycles. The zero-order valence-corrected chi connectivity index (χ0v) is 11.7. The maximum atomic E-state index is 13.1. The fraction of sp³-hybridized carbons (Fsp3) is 0.800. The summed E-state index contributed by atoms with van der Waals surface area (Å²) in [5, 5.41) is 24.2. The molecule has 1 N–H and O–H groups in total. The van der Waals surface area contributed by atoms with Crippen molar-refractivity contribution in [3.63, 3.8) is 0 Å². The van der Waals surface area contributed by atoms with E-state index in [1.54, 1.807) is 6.08 Å². The first kappa shape index (κ1) is 12.8. The van der Waals surface area contributed by atoms with Crippen LogP contribution in [0.15, 0.2) is 12.2 Å². The van der Waals surface area contributed by atoms with E-state index in [-0.39, 0.29) is 28.6 Å². The number of nitrogens with zero attached hydrogens (tertiary/aromatic N) is 2. The van der Waals surface area contributed by atoms with E-state index < -0.39 is 5.60 Å². The van der Waals surface area contributed by atoms with Crippen molar-refractivity contribution >= 4 is 5.91 Å². The Morgan fingerprint density at radius 1 is 1.40 bits per heavy atom. The number of carbonyl (C=O) groups is 1. The number of carbonyl (C=O) groups excluding carboxylic acids is 1. The molecule has 3 fully saturated rings. The molecule has 4 heterocycles. The van der Waals surface area contributed by atoms with E-state index in [0.717, 1.165) is 25.7 Å². The van der Waals surface area contributed by atoms with Crippen LogP contribution in [-0.2, 0) is 4.79 Å². The Kier molecular flexibility index (Phi) is 2.60. The third-order valence-electron chi connectivity index (χ3n) is 5.94. The maximum Gasteiger partial charge on any atom is 0.246 e. The maximum absolute atomic E-state index is 13.1. The fourth-order valence-electron chi connectivity index (χ4n) is 5.29. The molecule has 5 heteroatoms. The second kappa shape index (κ2) is 4.06. The molecule has 4 aliphatic rings. The molecule has 0 bridgehead atoms. The van der Waals surface area contributed by atoms with Crippen LogP contribution in [0.3, 0.4) is 0 Å². The molecule has 1 amide bonds. The van der Waals surface area contributed by atoms with Crippen molar-refractivity contribution in [3.05, 3.63) is 17.4 Å². The van der Waals surface area contributed by atoms with Crippen molar-refractivity contribution in [3.8, 4) is 0 Å². The van der Waals surface area contributed by atoms with E-state index in [0.29, 0.717) is 26.1 Å². The molecule has 0 radical (unpaired) electrons. The molecule has 0 saturated carbocycles. The van der Waals surface area contributed by atoms with Gasteiger partial charge in [-0.25, -0.2) is 0 Å². The zero-order chi connectivity index (χ0) is 14.0. The molecule has 4 rings (SSSR count). The van der Waals surface area contributed by atoms with Gasteiger partial charge in [-0.3, -0.25) is 4.79 Å². The average Bonchev–Trinajstić information content (AvgIpc) is 2.39.